The normalized spacial score (nSPS) is 17.1. The molecule has 4 rings (SSSR count). The summed E-state index contributed by atoms with van der Waals surface area (Å²) in [6, 6.07) is 11.0. The summed E-state index contributed by atoms with van der Waals surface area (Å²) >= 11 is 0. The number of nitrogens with one attached hydrogen (secondary N) is 1. The highest BCUT2D eigenvalue weighted by Gasteiger charge is 2.32. The molecule has 2 aromatic rings. The molecule has 31 heavy (non-hydrogen) atoms. The van der Waals surface area contributed by atoms with Gasteiger partial charge >= 0.3 is 0 Å². The van der Waals surface area contributed by atoms with Gasteiger partial charge < -0.3 is 10.2 Å². The van der Waals surface area contributed by atoms with Crippen LogP contribution < -0.4 is 5.32 Å². The lowest BCUT2D eigenvalue weighted by atomic mass is 9.94. The Morgan fingerprint density at radius 3 is 2.13 bits per heavy atom. The van der Waals surface area contributed by atoms with Crippen molar-refractivity contribution in [2.45, 2.75) is 44.9 Å². The van der Waals surface area contributed by atoms with Gasteiger partial charge in [0.2, 0.25) is 5.91 Å². The molecule has 0 bridgehead atoms. The lowest BCUT2D eigenvalue weighted by Gasteiger charge is -2.27. The highest BCUT2D eigenvalue weighted by molar-refractivity contribution is 6.25. The molecule has 164 valence electrons. The van der Waals surface area contributed by atoms with Crippen LogP contribution in [0.5, 0.6) is 0 Å². The van der Waals surface area contributed by atoms with E-state index in [1.54, 1.807) is 12.1 Å². The first-order valence-electron chi connectivity index (χ1n) is 11.5. The summed E-state index contributed by atoms with van der Waals surface area (Å²) in [6.07, 6.45) is 6.94. The standard InChI is InChI=1S/C25H31N3O3/c29-22(26-14-8-17-27-15-3-1-2-4-16-27)13-7-18-28-24(30)20-11-5-9-19-10-6-12-21(23(19)20)25(28)31/h5-6,9-12H,1-4,7-8,13-18H2,(H,26,29). The fourth-order valence-electron chi connectivity index (χ4n) is 4.66. The molecule has 2 aliphatic heterocycles. The van der Waals surface area contributed by atoms with Crippen molar-refractivity contribution in [2.75, 3.05) is 32.7 Å². The molecule has 2 heterocycles. The average molecular weight is 422 g/mol. The van der Waals surface area contributed by atoms with E-state index < -0.39 is 0 Å². The van der Waals surface area contributed by atoms with Crippen LogP contribution in [0.2, 0.25) is 0 Å². The summed E-state index contributed by atoms with van der Waals surface area (Å²) in [4.78, 5) is 41.7. The van der Waals surface area contributed by atoms with Crippen LogP contribution >= 0.6 is 0 Å². The molecule has 0 radical (unpaired) electrons. The van der Waals surface area contributed by atoms with Gasteiger partial charge in [0.25, 0.3) is 11.8 Å². The van der Waals surface area contributed by atoms with Crippen molar-refractivity contribution in [1.82, 2.24) is 15.1 Å². The molecule has 2 aliphatic rings. The lowest BCUT2D eigenvalue weighted by molar-refractivity contribution is -0.121. The zero-order chi connectivity index (χ0) is 21.6. The smallest absolute Gasteiger partial charge is 0.261 e. The Kier molecular flexibility index (Phi) is 6.97. The van der Waals surface area contributed by atoms with Gasteiger partial charge in [-0.1, -0.05) is 37.1 Å². The number of likely N-dealkylation sites (tertiary alicyclic amines) is 1. The van der Waals surface area contributed by atoms with Crippen LogP contribution in [0, 0.1) is 0 Å². The van der Waals surface area contributed by atoms with Crippen molar-refractivity contribution < 1.29 is 14.4 Å². The second kappa shape index (κ2) is 10.1. The van der Waals surface area contributed by atoms with Crippen LogP contribution in [0.25, 0.3) is 10.8 Å². The Morgan fingerprint density at radius 1 is 0.839 bits per heavy atom. The van der Waals surface area contributed by atoms with Gasteiger partial charge in [-0.15, -0.1) is 0 Å². The number of rotatable bonds is 8. The molecule has 0 unspecified atom stereocenters. The maximum Gasteiger partial charge on any atom is 0.261 e. The van der Waals surface area contributed by atoms with Gasteiger partial charge in [-0.25, -0.2) is 0 Å². The summed E-state index contributed by atoms with van der Waals surface area (Å²) in [5.41, 5.74) is 1.12. The molecule has 1 fully saturated rings. The second-order valence-electron chi connectivity index (χ2n) is 8.53. The number of carbonyl (C=O) groups excluding carboxylic acids is 3. The summed E-state index contributed by atoms with van der Waals surface area (Å²) in [5, 5.41) is 4.61. The Hall–Kier alpha value is -2.73. The maximum absolute atomic E-state index is 12.9. The monoisotopic (exact) mass is 421 g/mol. The average Bonchev–Trinajstić information content (AvgIpc) is 3.06. The molecule has 6 nitrogen and oxygen atoms in total. The first-order valence-corrected chi connectivity index (χ1v) is 11.5. The van der Waals surface area contributed by atoms with Crippen LogP contribution in [0.1, 0.15) is 65.7 Å². The van der Waals surface area contributed by atoms with E-state index in [0.29, 0.717) is 30.5 Å². The van der Waals surface area contributed by atoms with Crippen molar-refractivity contribution in [3.05, 3.63) is 47.5 Å². The zero-order valence-corrected chi connectivity index (χ0v) is 18.1. The third-order valence-electron chi connectivity index (χ3n) is 6.31. The Morgan fingerprint density at radius 2 is 1.48 bits per heavy atom. The largest absolute Gasteiger partial charge is 0.356 e. The molecule has 0 saturated carbocycles. The first-order chi connectivity index (χ1) is 15.1. The highest BCUT2D eigenvalue weighted by atomic mass is 16.2. The lowest BCUT2D eigenvalue weighted by Crippen LogP contribution is -2.41. The first kappa shape index (κ1) is 21.5. The molecular formula is C25H31N3O3. The quantitative estimate of drug-likeness (QED) is 0.522. The summed E-state index contributed by atoms with van der Waals surface area (Å²) < 4.78 is 0. The van der Waals surface area contributed by atoms with Crippen molar-refractivity contribution in [1.29, 1.82) is 0 Å². The number of carbonyl (C=O) groups is 3. The van der Waals surface area contributed by atoms with Crippen molar-refractivity contribution >= 4 is 28.5 Å². The summed E-state index contributed by atoms with van der Waals surface area (Å²) in [6.45, 7) is 4.29. The van der Waals surface area contributed by atoms with Gasteiger partial charge in [-0.2, -0.15) is 0 Å². The number of imide groups is 1. The second-order valence-corrected chi connectivity index (χ2v) is 8.53. The highest BCUT2D eigenvalue weighted by Crippen LogP contribution is 2.30. The molecule has 1 N–H and O–H groups in total. The minimum Gasteiger partial charge on any atom is -0.356 e. The van der Waals surface area contributed by atoms with E-state index in [2.05, 4.69) is 10.2 Å². The fraction of sp³-hybridized carbons (Fsp3) is 0.480. The molecule has 1 saturated heterocycles. The predicted octanol–water partition coefficient (Wildman–Crippen LogP) is 3.60. The van der Waals surface area contributed by atoms with E-state index in [9.17, 15) is 14.4 Å². The van der Waals surface area contributed by atoms with E-state index in [1.807, 2.05) is 24.3 Å². The van der Waals surface area contributed by atoms with Crippen LogP contribution in [-0.4, -0.2) is 60.2 Å². The van der Waals surface area contributed by atoms with Crippen molar-refractivity contribution in [3.63, 3.8) is 0 Å². The van der Waals surface area contributed by atoms with Crippen LogP contribution in [-0.2, 0) is 4.79 Å². The van der Waals surface area contributed by atoms with Gasteiger partial charge in [0, 0.05) is 36.0 Å². The SMILES string of the molecule is O=C(CCCN1C(=O)c2cccc3cccc(c23)C1=O)NCCCN1CCCCCC1. The van der Waals surface area contributed by atoms with E-state index >= 15 is 0 Å². The van der Waals surface area contributed by atoms with Gasteiger partial charge in [0.05, 0.1) is 0 Å². The van der Waals surface area contributed by atoms with Gasteiger partial charge in [-0.05, 0) is 62.8 Å². The molecule has 0 aromatic heterocycles. The van der Waals surface area contributed by atoms with Crippen LogP contribution in [0.3, 0.4) is 0 Å². The number of hydrogen-bond acceptors (Lipinski definition) is 4. The molecule has 2 aromatic carbocycles. The minimum absolute atomic E-state index is 0.0183. The summed E-state index contributed by atoms with van der Waals surface area (Å²) in [7, 11) is 0. The van der Waals surface area contributed by atoms with Gasteiger partial charge in [-0.3, -0.25) is 19.3 Å². The van der Waals surface area contributed by atoms with Gasteiger partial charge in [0.15, 0.2) is 0 Å². The maximum atomic E-state index is 12.9. The Bertz CT molecular complexity index is 913. The number of nitrogens with zero attached hydrogens (tertiary/aromatic N) is 2. The molecule has 0 aliphatic carbocycles. The number of hydrogen-bond donors (Lipinski definition) is 1. The molecule has 3 amide bonds. The van der Waals surface area contributed by atoms with Crippen molar-refractivity contribution in [3.8, 4) is 0 Å². The molecular weight excluding hydrogens is 390 g/mol. The van der Waals surface area contributed by atoms with E-state index in [4.69, 9.17) is 0 Å². The molecule has 0 atom stereocenters. The van der Waals surface area contributed by atoms with E-state index in [-0.39, 0.29) is 24.3 Å². The zero-order valence-electron chi connectivity index (χ0n) is 18.1. The summed E-state index contributed by atoms with van der Waals surface area (Å²) in [5.74, 6) is -0.561. The topological polar surface area (TPSA) is 69.7 Å². The minimum atomic E-state index is -0.271. The Labute approximate surface area is 183 Å². The van der Waals surface area contributed by atoms with E-state index in [0.717, 1.165) is 23.7 Å². The number of benzene rings is 2. The third-order valence-corrected chi connectivity index (χ3v) is 6.31. The van der Waals surface area contributed by atoms with Crippen LogP contribution in [0.4, 0.5) is 0 Å². The van der Waals surface area contributed by atoms with Gasteiger partial charge in [0.1, 0.15) is 0 Å². The van der Waals surface area contributed by atoms with Crippen LogP contribution in [0.15, 0.2) is 36.4 Å². The molecule has 6 heteroatoms. The molecule has 0 spiro atoms. The predicted molar refractivity (Wildman–Crippen MR) is 121 cm³/mol. The Balaban J connectivity index is 1.23. The third kappa shape index (κ3) is 4.96. The fourth-order valence-corrected chi connectivity index (χ4v) is 4.66. The number of amides is 3. The van der Waals surface area contributed by atoms with Crippen molar-refractivity contribution in [2.24, 2.45) is 0 Å². The van der Waals surface area contributed by atoms with E-state index in [1.165, 1.54) is 43.7 Å².